The Kier molecular flexibility index (Phi) is 6.92. The molecule has 0 saturated carbocycles. The van der Waals surface area contributed by atoms with E-state index in [0.717, 1.165) is 9.87 Å². The molecule has 0 spiro atoms. The number of nitrogens with zero attached hydrogens (tertiary/aromatic N) is 1. The fraction of sp³-hybridized carbons (Fsp3) is 0.0952. The predicted molar refractivity (Wildman–Crippen MR) is 116 cm³/mol. The summed E-state index contributed by atoms with van der Waals surface area (Å²) in [7, 11) is -3.88. The van der Waals surface area contributed by atoms with Gasteiger partial charge in [-0.25, -0.2) is 8.42 Å². The van der Waals surface area contributed by atoms with E-state index in [0.29, 0.717) is 15.7 Å². The molecule has 0 atom stereocenters. The van der Waals surface area contributed by atoms with E-state index < -0.39 is 15.9 Å². The third kappa shape index (κ3) is 5.58. The second-order valence-electron chi connectivity index (χ2n) is 6.25. The van der Waals surface area contributed by atoms with Crippen molar-refractivity contribution >= 4 is 44.8 Å². The smallest absolute Gasteiger partial charge is 0.243 e. The lowest BCUT2D eigenvalue weighted by Crippen LogP contribution is -2.37. The summed E-state index contributed by atoms with van der Waals surface area (Å²) < 4.78 is 27.4. The van der Waals surface area contributed by atoms with Gasteiger partial charge in [0.15, 0.2) is 0 Å². The molecule has 1 N–H and O–H groups in total. The predicted octanol–water partition coefficient (Wildman–Crippen LogP) is 4.82. The molecule has 0 heterocycles. The molecule has 8 heteroatoms. The van der Waals surface area contributed by atoms with Gasteiger partial charge >= 0.3 is 0 Å². The van der Waals surface area contributed by atoms with E-state index in [-0.39, 0.29) is 18.0 Å². The van der Waals surface area contributed by atoms with Gasteiger partial charge in [0.1, 0.15) is 0 Å². The molecular formula is C21H18Cl2N2O3S. The Morgan fingerprint density at radius 1 is 0.862 bits per heavy atom. The van der Waals surface area contributed by atoms with Gasteiger partial charge in [0.05, 0.1) is 21.5 Å². The van der Waals surface area contributed by atoms with Crippen molar-refractivity contribution < 1.29 is 13.2 Å². The maximum Gasteiger partial charge on any atom is 0.243 e. The number of benzene rings is 3. The third-order valence-corrected chi connectivity index (χ3v) is 6.65. The average Bonchev–Trinajstić information content (AvgIpc) is 2.72. The van der Waals surface area contributed by atoms with Gasteiger partial charge in [-0.3, -0.25) is 4.79 Å². The second kappa shape index (κ2) is 9.41. The summed E-state index contributed by atoms with van der Waals surface area (Å²) in [6, 6.07) is 21.8. The van der Waals surface area contributed by atoms with Crippen molar-refractivity contribution in [1.29, 1.82) is 0 Å². The van der Waals surface area contributed by atoms with Gasteiger partial charge in [-0.1, -0.05) is 71.7 Å². The van der Waals surface area contributed by atoms with Crippen molar-refractivity contribution in [3.05, 3.63) is 94.5 Å². The van der Waals surface area contributed by atoms with E-state index in [2.05, 4.69) is 5.32 Å². The van der Waals surface area contributed by atoms with Crippen LogP contribution in [0.25, 0.3) is 0 Å². The number of anilines is 1. The average molecular weight is 449 g/mol. The molecule has 3 aromatic rings. The Morgan fingerprint density at radius 2 is 1.48 bits per heavy atom. The van der Waals surface area contributed by atoms with E-state index in [9.17, 15) is 13.2 Å². The molecule has 0 bridgehead atoms. The molecule has 0 aliphatic carbocycles. The lowest BCUT2D eigenvalue weighted by Gasteiger charge is -2.22. The number of carbonyl (C=O) groups is 1. The van der Waals surface area contributed by atoms with E-state index in [1.807, 2.05) is 30.3 Å². The van der Waals surface area contributed by atoms with Crippen molar-refractivity contribution in [1.82, 2.24) is 4.31 Å². The van der Waals surface area contributed by atoms with Crippen molar-refractivity contribution in [2.24, 2.45) is 0 Å². The Bertz CT molecular complexity index is 1090. The summed E-state index contributed by atoms with van der Waals surface area (Å²) in [4.78, 5) is 12.7. The third-order valence-electron chi connectivity index (χ3n) is 4.11. The molecule has 3 rings (SSSR count). The van der Waals surface area contributed by atoms with Gasteiger partial charge in [-0.05, 0) is 35.9 Å². The fourth-order valence-electron chi connectivity index (χ4n) is 2.69. The van der Waals surface area contributed by atoms with Gasteiger partial charge < -0.3 is 5.32 Å². The molecular weight excluding hydrogens is 431 g/mol. The highest BCUT2D eigenvalue weighted by Crippen LogP contribution is 2.25. The number of hydrogen-bond acceptors (Lipinski definition) is 3. The number of nitrogens with one attached hydrogen (secondary N) is 1. The lowest BCUT2D eigenvalue weighted by molar-refractivity contribution is -0.116. The number of amides is 1. The minimum Gasteiger partial charge on any atom is -0.325 e. The van der Waals surface area contributed by atoms with E-state index >= 15 is 0 Å². The molecule has 5 nitrogen and oxygen atoms in total. The molecule has 3 aromatic carbocycles. The van der Waals surface area contributed by atoms with Crippen molar-refractivity contribution in [3.63, 3.8) is 0 Å². The normalized spacial score (nSPS) is 11.4. The first-order valence-corrected chi connectivity index (χ1v) is 10.9. The van der Waals surface area contributed by atoms with Gasteiger partial charge in [-0.2, -0.15) is 4.31 Å². The van der Waals surface area contributed by atoms with Crippen LogP contribution in [-0.2, 0) is 21.4 Å². The highest BCUT2D eigenvalue weighted by Gasteiger charge is 2.26. The fourth-order valence-corrected chi connectivity index (χ4v) is 4.39. The minimum atomic E-state index is -3.88. The monoisotopic (exact) mass is 448 g/mol. The van der Waals surface area contributed by atoms with Crippen LogP contribution >= 0.6 is 23.2 Å². The number of rotatable bonds is 7. The second-order valence-corrected chi connectivity index (χ2v) is 9.00. The molecule has 0 fully saturated rings. The summed E-state index contributed by atoms with van der Waals surface area (Å²) in [6.45, 7) is -0.292. The first kappa shape index (κ1) is 21.3. The summed E-state index contributed by atoms with van der Waals surface area (Å²) in [5.74, 6) is -0.487. The van der Waals surface area contributed by atoms with Crippen LogP contribution in [0, 0.1) is 0 Å². The minimum absolute atomic E-state index is 0.0624. The SMILES string of the molecule is O=C(CN(Cc1ccccc1)S(=O)(=O)c1ccccc1)Nc1ccc(Cl)c(Cl)c1. The molecule has 150 valence electrons. The van der Waals surface area contributed by atoms with Gasteiger partial charge in [0.2, 0.25) is 15.9 Å². The van der Waals surface area contributed by atoms with Crippen LogP contribution in [-0.4, -0.2) is 25.2 Å². The largest absolute Gasteiger partial charge is 0.325 e. The molecule has 0 aliphatic heterocycles. The summed E-state index contributed by atoms with van der Waals surface area (Å²) in [5, 5.41) is 3.32. The van der Waals surface area contributed by atoms with Gasteiger partial charge in [0.25, 0.3) is 0 Å². The van der Waals surface area contributed by atoms with Crippen LogP contribution < -0.4 is 5.32 Å². The Labute approximate surface area is 179 Å². The Balaban J connectivity index is 1.84. The molecule has 1 amide bonds. The Morgan fingerprint density at radius 3 is 2.10 bits per heavy atom. The summed E-state index contributed by atoms with van der Waals surface area (Å²) in [5.41, 5.74) is 1.20. The zero-order chi connectivity index (χ0) is 20.9. The maximum absolute atomic E-state index is 13.1. The van der Waals surface area contributed by atoms with E-state index in [1.165, 1.54) is 18.2 Å². The zero-order valence-electron chi connectivity index (χ0n) is 15.3. The molecule has 0 saturated heterocycles. The van der Waals surface area contributed by atoms with Crippen LogP contribution in [0.15, 0.2) is 83.8 Å². The molecule has 29 heavy (non-hydrogen) atoms. The molecule has 0 unspecified atom stereocenters. The van der Waals surface area contributed by atoms with Crippen molar-refractivity contribution in [3.8, 4) is 0 Å². The maximum atomic E-state index is 13.1. The number of sulfonamides is 1. The summed E-state index contributed by atoms with van der Waals surface area (Å²) in [6.07, 6.45) is 0. The van der Waals surface area contributed by atoms with Crippen LogP contribution in [0.4, 0.5) is 5.69 Å². The van der Waals surface area contributed by atoms with Crippen LogP contribution in [0.5, 0.6) is 0 Å². The highest BCUT2D eigenvalue weighted by atomic mass is 35.5. The topological polar surface area (TPSA) is 66.5 Å². The number of carbonyl (C=O) groups excluding carboxylic acids is 1. The highest BCUT2D eigenvalue weighted by molar-refractivity contribution is 7.89. The zero-order valence-corrected chi connectivity index (χ0v) is 17.6. The first-order valence-electron chi connectivity index (χ1n) is 8.70. The van der Waals surface area contributed by atoms with E-state index in [4.69, 9.17) is 23.2 Å². The van der Waals surface area contributed by atoms with Crippen LogP contribution in [0.2, 0.25) is 10.0 Å². The van der Waals surface area contributed by atoms with Gasteiger partial charge in [-0.15, -0.1) is 0 Å². The molecule has 0 aromatic heterocycles. The van der Waals surface area contributed by atoms with E-state index in [1.54, 1.807) is 30.3 Å². The standard InChI is InChI=1S/C21H18Cl2N2O3S/c22-19-12-11-17(13-20(19)23)24-21(26)15-25(14-16-7-3-1-4-8-16)29(27,28)18-9-5-2-6-10-18/h1-13H,14-15H2,(H,24,26). The quantitative estimate of drug-likeness (QED) is 0.562. The lowest BCUT2D eigenvalue weighted by atomic mass is 10.2. The number of hydrogen-bond donors (Lipinski definition) is 1. The van der Waals surface area contributed by atoms with Gasteiger partial charge in [0, 0.05) is 12.2 Å². The van der Waals surface area contributed by atoms with Crippen molar-refractivity contribution in [2.75, 3.05) is 11.9 Å². The first-order chi connectivity index (χ1) is 13.9. The van der Waals surface area contributed by atoms with Crippen LogP contribution in [0.3, 0.4) is 0 Å². The van der Waals surface area contributed by atoms with Crippen molar-refractivity contribution in [2.45, 2.75) is 11.4 Å². The molecule has 0 aliphatic rings. The molecule has 0 radical (unpaired) electrons. The van der Waals surface area contributed by atoms with Crippen LogP contribution in [0.1, 0.15) is 5.56 Å². The Hall–Kier alpha value is -2.38. The number of halogens is 2. The summed E-state index contributed by atoms with van der Waals surface area (Å²) >= 11 is 11.9.